The largest absolute Gasteiger partial charge is 0.393 e. The van der Waals surface area contributed by atoms with Gasteiger partial charge in [0.25, 0.3) is 5.78 Å². The minimum Gasteiger partial charge on any atom is -0.378 e. The van der Waals surface area contributed by atoms with Crippen LogP contribution in [0.1, 0.15) is 50.4 Å². The fraction of sp³-hybridized carbons (Fsp3) is 0.750. The van der Waals surface area contributed by atoms with Gasteiger partial charge in [-0.3, -0.25) is 4.79 Å². The molecule has 2 aliphatic heterocycles. The summed E-state index contributed by atoms with van der Waals surface area (Å²) in [5, 5.41) is 7.15. The number of nitrogens with two attached hydrogens (primary N) is 1. The van der Waals surface area contributed by atoms with Crippen LogP contribution in [0.15, 0.2) is 6.20 Å². The number of halogens is 3. The molecule has 9 nitrogen and oxygen atoms in total. The first-order valence-corrected chi connectivity index (χ1v) is 12.8. The van der Waals surface area contributed by atoms with E-state index in [1.807, 2.05) is 4.90 Å². The molecule has 4 heterocycles. The molecule has 1 saturated carbocycles. The molecule has 2 aromatic heterocycles. The topological polar surface area (TPSA) is 111 Å². The molecule has 5 rings (SSSR count). The number of anilines is 1. The Kier molecular flexibility index (Phi) is 6.84. The van der Waals surface area contributed by atoms with Crippen LogP contribution in [0.2, 0.25) is 0 Å². The highest BCUT2D eigenvalue weighted by Crippen LogP contribution is 2.35. The van der Waals surface area contributed by atoms with Crippen LogP contribution in [-0.4, -0.2) is 70.1 Å². The van der Waals surface area contributed by atoms with Crippen molar-refractivity contribution in [1.82, 2.24) is 24.9 Å². The summed E-state index contributed by atoms with van der Waals surface area (Å²) in [5.74, 6) is -1.13. The van der Waals surface area contributed by atoms with Gasteiger partial charge in [0.05, 0.1) is 31.0 Å². The average Bonchev–Trinajstić information content (AvgIpc) is 3.22. The lowest BCUT2D eigenvalue weighted by Gasteiger charge is -2.35. The van der Waals surface area contributed by atoms with Gasteiger partial charge in [0.2, 0.25) is 5.91 Å². The van der Waals surface area contributed by atoms with E-state index >= 15 is 0 Å². The van der Waals surface area contributed by atoms with Crippen molar-refractivity contribution in [3.8, 4) is 0 Å². The van der Waals surface area contributed by atoms with Gasteiger partial charge in [-0.05, 0) is 38.0 Å². The Labute approximate surface area is 208 Å². The highest BCUT2D eigenvalue weighted by molar-refractivity contribution is 5.80. The summed E-state index contributed by atoms with van der Waals surface area (Å²) < 4.78 is 47.2. The molecule has 0 aromatic carbocycles. The summed E-state index contributed by atoms with van der Waals surface area (Å²) in [4.78, 5) is 24.0. The number of nitrogens with zero attached hydrogens (tertiary/aromatic N) is 5. The van der Waals surface area contributed by atoms with Gasteiger partial charge in [0.15, 0.2) is 5.82 Å². The molecule has 0 radical (unpaired) electrons. The van der Waals surface area contributed by atoms with Crippen LogP contribution >= 0.6 is 0 Å². The van der Waals surface area contributed by atoms with Crippen molar-refractivity contribution in [2.24, 2.45) is 23.5 Å². The molecular weight excluding hydrogens is 475 g/mol. The summed E-state index contributed by atoms with van der Waals surface area (Å²) in [6.07, 6.45) is 1.92. The van der Waals surface area contributed by atoms with E-state index in [9.17, 15) is 18.0 Å². The Morgan fingerprint density at radius 1 is 1.22 bits per heavy atom. The van der Waals surface area contributed by atoms with Crippen molar-refractivity contribution in [3.05, 3.63) is 17.6 Å². The first kappa shape index (κ1) is 25.2. The van der Waals surface area contributed by atoms with Crippen LogP contribution < -0.4 is 16.0 Å². The van der Waals surface area contributed by atoms with Crippen molar-refractivity contribution in [2.45, 2.75) is 63.6 Å². The molecule has 2 atom stereocenters. The number of hydrogen-bond acceptors (Lipinski definition) is 7. The third-order valence-electron chi connectivity index (χ3n) is 7.89. The summed E-state index contributed by atoms with van der Waals surface area (Å²) in [6, 6.07) is 0. The molecule has 3 aliphatic rings. The fourth-order valence-corrected chi connectivity index (χ4v) is 5.57. The molecule has 0 spiro atoms. The number of amides is 1. The number of hydrogen-bond donors (Lipinski definition) is 2. The predicted molar refractivity (Wildman–Crippen MR) is 126 cm³/mol. The number of alkyl halides is 3. The van der Waals surface area contributed by atoms with E-state index in [0.29, 0.717) is 55.9 Å². The smallest absolute Gasteiger partial charge is 0.378 e. The van der Waals surface area contributed by atoms with E-state index in [-0.39, 0.29) is 30.8 Å². The van der Waals surface area contributed by atoms with E-state index in [4.69, 9.17) is 25.5 Å². The maximum absolute atomic E-state index is 13.4. The molecule has 0 unspecified atom stereocenters. The summed E-state index contributed by atoms with van der Waals surface area (Å²) >= 11 is 0. The zero-order chi connectivity index (χ0) is 25.5. The number of morpholine rings is 1. The number of piperidine rings is 1. The second-order valence-corrected chi connectivity index (χ2v) is 10.8. The van der Waals surface area contributed by atoms with Crippen molar-refractivity contribution in [1.29, 1.82) is 0 Å². The van der Waals surface area contributed by atoms with Gasteiger partial charge in [-0.25, -0.2) is 9.50 Å². The lowest BCUT2D eigenvalue weighted by Crippen LogP contribution is -2.47. The molecule has 2 saturated heterocycles. The van der Waals surface area contributed by atoms with E-state index in [1.54, 1.807) is 10.7 Å². The molecule has 2 aromatic rings. The van der Waals surface area contributed by atoms with Crippen LogP contribution in [0.25, 0.3) is 5.78 Å². The molecule has 12 heteroatoms. The molecule has 1 amide bonds. The quantitative estimate of drug-likeness (QED) is 0.636. The monoisotopic (exact) mass is 509 g/mol. The maximum atomic E-state index is 13.4. The minimum atomic E-state index is -4.36. The Balaban J connectivity index is 1.44. The van der Waals surface area contributed by atoms with Gasteiger partial charge in [-0.1, -0.05) is 6.92 Å². The number of fused-ring (bicyclic) bond motifs is 1. The van der Waals surface area contributed by atoms with Crippen LogP contribution in [0.5, 0.6) is 0 Å². The highest BCUT2D eigenvalue weighted by Gasteiger charge is 2.45. The Bertz CT molecular complexity index is 1090. The number of rotatable bonds is 5. The van der Waals surface area contributed by atoms with Gasteiger partial charge in [-0.15, -0.1) is 0 Å². The molecule has 3 fully saturated rings. The van der Waals surface area contributed by atoms with Crippen molar-refractivity contribution in [3.63, 3.8) is 0 Å². The molecular formula is C24H34F3N7O2. The van der Waals surface area contributed by atoms with E-state index in [2.05, 4.69) is 12.2 Å². The summed E-state index contributed by atoms with van der Waals surface area (Å²) in [7, 11) is 0. The maximum Gasteiger partial charge on any atom is 0.393 e. The van der Waals surface area contributed by atoms with Gasteiger partial charge < -0.3 is 20.7 Å². The first-order valence-electron chi connectivity index (χ1n) is 12.8. The Morgan fingerprint density at radius 2 is 1.94 bits per heavy atom. The predicted octanol–water partition coefficient (Wildman–Crippen LogP) is 2.27. The molecule has 1 aliphatic carbocycles. The second-order valence-electron chi connectivity index (χ2n) is 10.8. The van der Waals surface area contributed by atoms with Crippen molar-refractivity contribution < 1.29 is 22.7 Å². The number of ether oxygens (including phenoxy) is 1. The van der Waals surface area contributed by atoms with Crippen molar-refractivity contribution in [2.75, 3.05) is 37.7 Å². The standard InChI is InChI=1S/C24H34F3N7O2/c1-15-2-4-23(28,5-3-15)12-18-14-34-22(30-18)31-20(33-6-8-36-9-7-33)19(32-34)11-16-10-17(24(25,26)27)13-29-21(16)35/h14-17H,2-13,28H2,1H3,(H,29,35)/t15?,16-,17-,23?/m1/s1. The van der Waals surface area contributed by atoms with E-state index in [0.717, 1.165) is 31.4 Å². The number of aromatic nitrogens is 4. The zero-order valence-electron chi connectivity index (χ0n) is 20.6. The first-order chi connectivity index (χ1) is 17.1. The summed E-state index contributed by atoms with van der Waals surface area (Å²) in [5.41, 5.74) is 7.66. The van der Waals surface area contributed by atoms with Crippen LogP contribution in [-0.2, 0) is 22.4 Å². The Hall–Kier alpha value is -2.47. The molecule has 0 bridgehead atoms. The van der Waals surface area contributed by atoms with Crippen LogP contribution in [0, 0.1) is 17.8 Å². The lowest BCUT2D eigenvalue weighted by atomic mass is 9.75. The second kappa shape index (κ2) is 9.77. The normalized spacial score (nSPS) is 30.0. The number of carbonyl (C=O) groups excluding carboxylic acids is 1. The zero-order valence-corrected chi connectivity index (χ0v) is 20.6. The van der Waals surface area contributed by atoms with Gasteiger partial charge >= 0.3 is 6.18 Å². The molecule has 3 N–H and O–H groups in total. The Morgan fingerprint density at radius 3 is 2.64 bits per heavy atom. The molecule has 198 valence electrons. The van der Waals surface area contributed by atoms with Crippen molar-refractivity contribution >= 4 is 17.5 Å². The number of imidazole rings is 1. The minimum absolute atomic E-state index is 0.0697. The highest BCUT2D eigenvalue weighted by atomic mass is 19.4. The lowest BCUT2D eigenvalue weighted by molar-refractivity contribution is -0.183. The number of carbonyl (C=O) groups is 1. The number of nitrogens with one attached hydrogen (secondary N) is 1. The third-order valence-corrected chi connectivity index (χ3v) is 7.89. The van der Waals surface area contributed by atoms with Gasteiger partial charge in [0, 0.05) is 43.9 Å². The molecule has 36 heavy (non-hydrogen) atoms. The van der Waals surface area contributed by atoms with Gasteiger partial charge in [-0.2, -0.15) is 23.3 Å². The third kappa shape index (κ3) is 5.44. The van der Waals surface area contributed by atoms with E-state index in [1.165, 1.54) is 0 Å². The van der Waals surface area contributed by atoms with Crippen LogP contribution in [0.3, 0.4) is 0 Å². The average molecular weight is 510 g/mol. The fourth-order valence-electron chi connectivity index (χ4n) is 5.57. The van der Waals surface area contributed by atoms with Crippen LogP contribution in [0.4, 0.5) is 19.0 Å². The summed E-state index contributed by atoms with van der Waals surface area (Å²) in [6.45, 7) is 4.05. The van der Waals surface area contributed by atoms with Gasteiger partial charge in [0.1, 0.15) is 5.69 Å². The van der Waals surface area contributed by atoms with E-state index < -0.39 is 18.0 Å². The SMILES string of the molecule is CC1CCC(N)(Cc2cn3nc(C[C@H]4C[C@@H](C(F)(F)F)CNC4=O)c(N4CCOCC4)nc3n2)CC1.